The number of phenolic OH excluding ortho intramolecular Hbond substituents is 1. The van der Waals surface area contributed by atoms with Gasteiger partial charge in [-0.15, -0.1) is 0 Å². The molecule has 4 N–H and O–H groups in total. The zero-order valence-corrected chi connectivity index (χ0v) is 18.8. The summed E-state index contributed by atoms with van der Waals surface area (Å²) >= 11 is 0. The van der Waals surface area contributed by atoms with Crippen molar-refractivity contribution >= 4 is 18.7 Å². The molecule has 0 aromatic heterocycles. The van der Waals surface area contributed by atoms with Crippen LogP contribution < -0.4 is 10.9 Å². The summed E-state index contributed by atoms with van der Waals surface area (Å²) in [6.07, 6.45) is 2.52. The second kappa shape index (κ2) is 11.8. The van der Waals surface area contributed by atoms with Gasteiger partial charge < -0.3 is 20.1 Å². The van der Waals surface area contributed by atoms with Crippen molar-refractivity contribution in [2.24, 2.45) is 0 Å². The molecular weight excluding hydrogens is 408 g/mol. The van der Waals surface area contributed by atoms with Gasteiger partial charge in [0.15, 0.2) is 0 Å². The van der Waals surface area contributed by atoms with Crippen LogP contribution in [0.1, 0.15) is 18.1 Å². The summed E-state index contributed by atoms with van der Waals surface area (Å²) in [4.78, 5) is 22.5. The zero-order valence-electron chi connectivity index (χ0n) is 18.8. The number of amides is 1. The highest BCUT2D eigenvalue weighted by Crippen LogP contribution is 2.26. The van der Waals surface area contributed by atoms with Crippen molar-refractivity contribution in [3.8, 4) is 5.75 Å². The van der Waals surface area contributed by atoms with E-state index in [0.717, 1.165) is 24.7 Å². The Morgan fingerprint density at radius 2 is 1.84 bits per heavy atom. The minimum absolute atomic E-state index is 0.213. The van der Waals surface area contributed by atoms with Crippen molar-refractivity contribution in [3.05, 3.63) is 65.7 Å². The molecule has 1 aliphatic rings. The first-order chi connectivity index (χ1) is 15.3. The number of rotatable bonds is 9. The van der Waals surface area contributed by atoms with Crippen molar-refractivity contribution in [3.63, 3.8) is 0 Å². The van der Waals surface area contributed by atoms with Crippen LogP contribution in [0.4, 0.5) is 0 Å². The van der Waals surface area contributed by atoms with Crippen LogP contribution in [0.2, 0.25) is 0 Å². The highest BCUT2D eigenvalue weighted by Gasteiger charge is 2.49. The molecule has 1 saturated heterocycles. The van der Waals surface area contributed by atoms with Gasteiger partial charge in [0.25, 0.3) is 0 Å². The molecule has 32 heavy (non-hydrogen) atoms. The van der Waals surface area contributed by atoms with E-state index in [9.17, 15) is 14.7 Å². The van der Waals surface area contributed by atoms with E-state index in [2.05, 4.69) is 10.9 Å². The monoisotopic (exact) mass is 440 g/mol. The molecule has 3 rings (SSSR count). The van der Waals surface area contributed by atoms with Crippen molar-refractivity contribution in [2.45, 2.75) is 25.4 Å². The van der Waals surface area contributed by atoms with Crippen LogP contribution in [0.5, 0.6) is 5.75 Å². The lowest BCUT2D eigenvalue weighted by atomic mass is 10.2. The van der Waals surface area contributed by atoms with E-state index < -0.39 is 5.54 Å². The number of benzene rings is 2. The third-order valence-corrected chi connectivity index (χ3v) is 5.01. The van der Waals surface area contributed by atoms with Gasteiger partial charge in [-0.3, -0.25) is 15.2 Å². The summed E-state index contributed by atoms with van der Waals surface area (Å²) in [5.74, 6) is 0.475. The smallest absolute Gasteiger partial charge is 0.209 e. The number of guanidine groups is 1. The lowest BCUT2D eigenvalue weighted by molar-refractivity contribution is -0.111. The van der Waals surface area contributed by atoms with Gasteiger partial charge in [0.1, 0.15) is 17.6 Å². The predicted octanol–water partition coefficient (Wildman–Crippen LogP) is 1.36. The minimum atomic E-state index is -0.474. The van der Waals surface area contributed by atoms with E-state index >= 15 is 0 Å². The number of aromatic hydroxyl groups is 1. The average molecular weight is 441 g/mol. The number of hydrogen-bond donors (Lipinski definition) is 4. The maximum atomic E-state index is 10.9. The van der Waals surface area contributed by atoms with Crippen molar-refractivity contribution in [1.29, 1.82) is 5.41 Å². The molecule has 1 fully saturated rings. The van der Waals surface area contributed by atoms with Crippen LogP contribution in [-0.2, 0) is 22.6 Å². The third kappa shape index (κ3) is 7.68. The van der Waals surface area contributed by atoms with E-state index in [-0.39, 0.29) is 11.7 Å². The van der Waals surface area contributed by atoms with Crippen LogP contribution in [0.25, 0.3) is 0 Å². The van der Waals surface area contributed by atoms with Gasteiger partial charge in [0, 0.05) is 33.7 Å². The molecule has 1 aliphatic heterocycles. The molecule has 0 spiro atoms. The van der Waals surface area contributed by atoms with E-state index in [0.29, 0.717) is 19.6 Å². The minimum Gasteiger partial charge on any atom is -0.508 e. The van der Waals surface area contributed by atoms with Crippen LogP contribution >= 0.6 is 0 Å². The molecular formula is C23H32N6O3. The van der Waals surface area contributed by atoms with Crippen LogP contribution in [0.15, 0.2) is 54.6 Å². The maximum absolute atomic E-state index is 10.9. The van der Waals surface area contributed by atoms with Gasteiger partial charge in [0.2, 0.25) is 12.4 Å². The highest BCUT2D eigenvalue weighted by atomic mass is 16.3. The van der Waals surface area contributed by atoms with Gasteiger partial charge in [-0.05, 0) is 36.6 Å². The largest absolute Gasteiger partial charge is 0.508 e. The van der Waals surface area contributed by atoms with Crippen molar-refractivity contribution < 1.29 is 14.7 Å². The first-order valence-electron chi connectivity index (χ1n) is 10.3. The van der Waals surface area contributed by atoms with Gasteiger partial charge in [-0.2, -0.15) is 5.53 Å². The Bertz CT molecular complexity index is 894. The standard InChI is InChI=1S/C14H21N5O2.C9H11NO/c1-14(10-20)9-19(14)16-18(3)13(15)17(2)8-11-5-4-6-12(21)7-11;11-8-10-7-6-9-4-2-1-3-5-9/h4-7,10,15-16,21H,8-9H2,1-3H3;1-5,8H,6-7H2,(H,10,11). The van der Waals surface area contributed by atoms with Gasteiger partial charge >= 0.3 is 0 Å². The number of nitrogens with zero attached hydrogens (tertiary/aromatic N) is 3. The van der Waals surface area contributed by atoms with Gasteiger partial charge in [-0.25, -0.2) is 5.01 Å². The summed E-state index contributed by atoms with van der Waals surface area (Å²) in [6, 6.07) is 17.0. The Balaban J connectivity index is 0.000000278. The summed E-state index contributed by atoms with van der Waals surface area (Å²) < 4.78 is 0. The fourth-order valence-electron chi connectivity index (χ4n) is 2.94. The summed E-state index contributed by atoms with van der Waals surface area (Å²) in [7, 11) is 3.52. The predicted molar refractivity (Wildman–Crippen MR) is 124 cm³/mol. The van der Waals surface area contributed by atoms with E-state index in [1.807, 2.05) is 43.3 Å². The lowest BCUT2D eigenvalue weighted by Crippen LogP contribution is -2.50. The zero-order chi connectivity index (χ0) is 23.6. The lowest BCUT2D eigenvalue weighted by Gasteiger charge is -2.29. The Morgan fingerprint density at radius 1 is 1.16 bits per heavy atom. The number of phenols is 1. The average Bonchev–Trinajstić information content (AvgIpc) is 3.44. The van der Waals surface area contributed by atoms with Crippen molar-refractivity contribution in [2.75, 3.05) is 27.2 Å². The number of hydrazine groups is 2. The van der Waals surface area contributed by atoms with Crippen molar-refractivity contribution in [1.82, 2.24) is 25.8 Å². The van der Waals surface area contributed by atoms with E-state index in [4.69, 9.17) is 5.41 Å². The molecule has 172 valence electrons. The van der Waals surface area contributed by atoms with E-state index in [1.165, 1.54) is 5.56 Å². The van der Waals surface area contributed by atoms with Crippen LogP contribution in [-0.4, -0.2) is 71.4 Å². The maximum Gasteiger partial charge on any atom is 0.209 e. The van der Waals surface area contributed by atoms with Gasteiger partial charge in [-0.1, -0.05) is 42.5 Å². The fraction of sp³-hybridized carbons (Fsp3) is 0.348. The summed E-state index contributed by atoms with van der Waals surface area (Å²) in [5, 5.41) is 23.5. The Hall–Kier alpha value is -3.43. The Morgan fingerprint density at radius 3 is 2.44 bits per heavy atom. The topological polar surface area (TPSA) is 112 Å². The van der Waals surface area contributed by atoms with E-state index in [1.54, 1.807) is 47.2 Å². The fourth-order valence-corrected chi connectivity index (χ4v) is 2.94. The first-order valence-corrected chi connectivity index (χ1v) is 10.3. The first kappa shape index (κ1) is 24.8. The second-order valence-corrected chi connectivity index (χ2v) is 7.88. The number of carbonyl (C=O) groups excluding carboxylic acids is 2. The molecule has 2 unspecified atom stereocenters. The molecule has 0 saturated carbocycles. The molecule has 0 radical (unpaired) electrons. The molecule has 1 heterocycles. The third-order valence-electron chi connectivity index (χ3n) is 5.01. The summed E-state index contributed by atoms with van der Waals surface area (Å²) in [5.41, 5.74) is 4.69. The second-order valence-electron chi connectivity index (χ2n) is 7.88. The molecule has 2 atom stereocenters. The van der Waals surface area contributed by atoms with Crippen LogP contribution in [0.3, 0.4) is 0 Å². The molecule has 9 heteroatoms. The number of aldehydes is 1. The molecule has 1 amide bonds. The SMILES string of the molecule is CN(Cc1cccc(O)c1)C(=N)N(C)NN1CC1(C)C=O.O=CNCCc1ccccc1. The highest BCUT2D eigenvalue weighted by molar-refractivity contribution is 5.76. The molecule has 2 aromatic rings. The normalized spacial score (nSPS) is 18.5. The molecule has 0 aliphatic carbocycles. The summed E-state index contributed by atoms with van der Waals surface area (Å²) in [6.45, 7) is 3.68. The Kier molecular flexibility index (Phi) is 9.18. The molecule has 0 bridgehead atoms. The number of carbonyl (C=O) groups is 2. The quantitative estimate of drug-likeness (QED) is 0.116. The number of hydrogen-bond acceptors (Lipinski definition) is 6. The molecule has 9 nitrogen and oxygen atoms in total. The van der Waals surface area contributed by atoms with Crippen LogP contribution in [0, 0.1) is 5.41 Å². The Labute approximate surface area is 189 Å². The molecule has 2 aromatic carbocycles. The number of nitrogens with one attached hydrogen (secondary N) is 3. The van der Waals surface area contributed by atoms with Gasteiger partial charge in [0.05, 0.1) is 0 Å².